The molecule has 0 saturated carbocycles. The van der Waals surface area contributed by atoms with Crippen molar-refractivity contribution >= 4 is 39.1 Å². The molecule has 5 nitrogen and oxygen atoms in total. The number of hydrogen-bond acceptors (Lipinski definition) is 3. The Bertz CT molecular complexity index is 937. The van der Waals surface area contributed by atoms with Crippen LogP contribution in [0.5, 0.6) is 5.75 Å². The van der Waals surface area contributed by atoms with Crippen molar-refractivity contribution in [3.05, 3.63) is 88.4 Å². The predicted molar refractivity (Wildman–Crippen MR) is 109 cm³/mol. The van der Waals surface area contributed by atoms with Crippen LogP contribution in [0, 0.1) is 0 Å². The second kappa shape index (κ2) is 8.51. The monoisotopic (exact) mass is 424 g/mol. The van der Waals surface area contributed by atoms with Gasteiger partial charge in [-0.15, -0.1) is 0 Å². The smallest absolute Gasteiger partial charge is 0.255 e. The second-order valence-corrected chi connectivity index (χ2v) is 6.64. The van der Waals surface area contributed by atoms with Crippen LogP contribution in [0.4, 0.5) is 11.4 Å². The maximum Gasteiger partial charge on any atom is 0.255 e. The van der Waals surface area contributed by atoms with Gasteiger partial charge < -0.3 is 15.4 Å². The number of halogens is 1. The minimum atomic E-state index is -0.232. The molecular weight excluding hydrogens is 408 g/mol. The Kier molecular flexibility index (Phi) is 5.88. The lowest BCUT2D eigenvalue weighted by molar-refractivity contribution is 0.102. The van der Waals surface area contributed by atoms with Crippen LogP contribution < -0.4 is 15.4 Å². The molecule has 2 amide bonds. The first-order chi connectivity index (χ1) is 13.0. The third-order valence-electron chi connectivity index (χ3n) is 3.86. The van der Waals surface area contributed by atoms with E-state index in [2.05, 4.69) is 26.6 Å². The van der Waals surface area contributed by atoms with Gasteiger partial charge in [0.2, 0.25) is 0 Å². The van der Waals surface area contributed by atoms with Gasteiger partial charge in [0.05, 0.1) is 7.11 Å². The van der Waals surface area contributed by atoms with Gasteiger partial charge in [-0.3, -0.25) is 9.59 Å². The first-order valence-corrected chi connectivity index (χ1v) is 8.97. The molecule has 0 atom stereocenters. The van der Waals surface area contributed by atoms with Crippen molar-refractivity contribution in [1.82, 2.24) is 0 Å². The molecule has 3 rings (SSSR count). The molecule has 2 N–H and O–H groups in total. The van der Waals surface area contributed by atoms with Crippen molar-refractivity contribution in [3.63, 3.8) is 0 Å². The van der Waals surface area contributed by atoms with Crippen LogP contribution in [0.15, 0.2) is 77.3 Å². The average molecular weight is 425 g/mol. The van der Waals surface area contributed by atoms with Gasteiger partial charge >= 0.3 is 0 Å². The minimum Gasteiger partial charge on any atom is -0.497 e. The van der Waals surface area contributed by atoms with E-state index in [0.717, 1.165) is 4.47 Å². The molecule has 0 aliphatic carbocycles. The molecule has 6 heteroatoms. The fourth-order valence-corrected chi connectivity index (χ4v) is 2.65. The number of methoxy groups -OCH3 is 1. The predicted octanol–water partition coefficient (Wildman–Crippen LogP) is 4.96. The average Bonchev–Trinajstić information content (AvgIpc) is 2.70. The van der Waals surface area contributed by atoms with E-state index in [0.29, 0.717) is 28.3 Å². The zero-order valence-electron chi connectivity index (χ0n) is 14.5. The third-order valence-corrected chi connectivity index (χ3v) is 4.39. The van der Waals surface area contributed by atoms with E-state index in [9.17, 15) is 9.59 Å². The Labute approximate surface area is 165 Å². The van der Waals surface area contributed by atoms with E-state index < -0.39 is 0 Å². The van der Waals surface area contributed by atoms with Crippen molar-refractivity contribution in [2.75, 3.05) is 17.7 Å². The summed E-state index contributed by atoms with van der Waals surface area (Å²) in [5.41, 5.74) is 2.34. The largest absolute Gasteiger partial charge is 0.497 e. The maximum absolute atomic E-state index is 12.3. The molecule has 136 valence electrons. The molecule has 27 heavy (non-hydrogen) atoms. The maximum atomic E-state index is 12.3. The Hall–Kier alpha value is -3.12. The van der Waals surface area contributed by atoms with Crippen molar-refractivity contribution in [2.24, 2.45) is 0 Å². The summed E-state index contributed by atoms with van der Waals surface area (Å²) >= 11 is 3.35. The highest BCUT2D eigenvalue weighted by atomic mass is 79.9. The van der Waals surface area contributed by atoms with Gasteiger partial charge in [-0.1, -0.05) is 15.9 Å². The molecule has 0 radical (unpaired) electrons. The molecule has 0 aromatic heterocycles. The zero-order chi connectivity index (χ0) is 19.2. The number of benzene rings is 3. The van der Waals surface area contributed by atoms with Crippen LogP contribution in [-0.4, -0.2) is 18.9 Å². The SMILES string of the molecule is COc1ccc(C(=O)Nc2ccc(C(=O)Nc3ccc(Br)cc3)cc2)cc1. The van der Waals surface area contributed by atoms with Crippen LogP contribution in [0.3, 0.4) is 0 Å². The van der Waals surface area contributed by atoms with Crippen LogP contribution >= 0.6 is 15.9 Å². The summed E-state index contributed by atoms with van der Waals surface area (Å²) in [4.78, 5) is 24.6. The Balaban J connectivity index is 1.62. The lowest BCUT2D eigenvalue weighted by atomic mass is 10.1. The fraction of sp³-hybridized carbons (Fsp3) is 0.0476. The summed E-state index contributed by atoms with van der Waals surface area (Å²) in [7, 11) is 1.57. The third kappa shape index (κ3) is 4.95. The van der Waals surface area contributed by atoms with Crippen molar-refractivity contribution in [2.45, 2.75) is 0 Å². The van der Waals surface area contributed by atoms with Gasteiger partial charge in [0.25, 0.3) is 11.8 Å². The normalized spacial score (nSPS) is 10.1. The molecule has 0 heterocycles. The van der Waals surface area contributed by atoms with Gasteiger partial charge in [0.1, 0.15) is 5.75 Å². The van der Waals surface area contributed by atoms with Crippen LogP contribution in [0.25, 0.3) is 0 Å². The minimum absolute atomic E-state index is 0.217. The van der Waals surface area contributed by atoms with E-state index in [1.165, 1.54) is 0 Å². The van der Waals surface area contributed by atoms with Crippen molar-refractivity contribution < 1.29 is 14.3 Å². The fourth-order valence-electron chi connectivity index (χ4n) is 2.39. The topological polar surface area (TPSA) is 67.4 Å². The number of carbonyl (C=O) groups excluding carboxylic acids is 2. The lowest BCUT2D eigenvalue weighted by Gasteiger charge is -2.08. The number of rotatable bonds is 5. The number of amides is 2. The van der Waals surface area contributed by atoms with E-state index in [1.54, 1.807) is 55.6 Å². The lowest BCUT2D eigenvalue weighted by Crippen LogP contribution is -2.13. The molecule has 3 aromatic rings. The summed E-state index contributed by atoms with van der Waals surface area (Å²) in [6, 6.07) is 20.9. The van der Waals surface area contributed by atoms with E-state index in [1.807, 2.05) is 24.3 Å². The molecule has 0 fully saturated rings. The Morgan fingerprint density at radius 1 is 0.704 bits per heavy atom. The van der Waals surface area contributed by atoms with Gasteiger partial charge in [-0.2, -0.15) is 0 Å². The molecule has 0 spiro atoms. The summed E-state index contributed by atoms with van der Waals surface area (Å²) in [5.74, 6) is 0.239. The number of hydrogen-bond donors (Lipinski definition) is 2. The number of nitrogens with one attached hydrogen (secondary N) is 2. The quantitative estimate of drug-likeness (QED) is 0.607. The highest BCUT2D eigenvalue weighted by molar-refractivity contribution is 9.10. The first-order valence-electron chi connectivity index (χ1n) is 8.17. The summed E-state index contributed by atoms with van der Waals surface area (Å²) in [6.45, 7) is 0. The zero-order valence-corrected chi connectivity index (χ0v) is 16.1. The van der Waals surface area contributed by atoms with Gasteiger partial charge in [0, 0.05) is 27.0 Å². The summed E-state index contributed by atoms with van der Waals surface area (Å²) < 4.78 is 6.02. The van der Waals surface area contributed by atoms with E-state index in [4.69, 9.17) is 4.74 Å². The summed E-state index contributed by atoms with van der Waals surface area (Å²) in [6.07, 6.45) is 0. The molecule has 0 aliphatic rings. The van der Waals surface area contributed by atoms with E-state index in [-0.39, 0.29) is 11.8 Å². The number of anilines is 2. The highest BCUT2D eigenvalue weighted by Crippen LogP contribution is 2.17. The van der Waals surface area contributed by atoms with Crippen molar-refractivity contribution in [3.8, 4) is 5.75 Å². The Morgan fingerprint density at radius 3 is 1.56 bits per heavy atom. The summed E-state index contributed by atoms with van der Waals surface area (Å²) in [5, 5.41) is 5.62. The molecule has 0 bridgehead atoms. The number of ether oxygens (including phenoxy) is 1. The molecule has 0 saturated heterocycles. The second-order valence-electron chi connectivity index (χ2n) is 5.72. The molecular formula is C21H17BrN2O3. The molecule has 0 aliphatic heterocycles. The standard InChI is InChI=1S/C21H17BrN2O3/c1-27-19-12-4-15(5-13-19)21(26)23-17-8-2-14(3-9-17)20(25)24-18-10-6-16(22)7-11-18/h2-13H,1H3,(H,23,26)(H,24,25). The molecule has 0 unspecified atom stereocenters. The van der Waals surface area contributed by atoms with Crippen LogP contribution in [-0.2, 0) is 0 Å². The Morgan fingerprint density at radius 2 is 1.11 bits per heavy atom. The van der Waals surface area contributed by atoms with Crippen LogP contribution in [0.2, 0.25) is 0 Å². The van der Waals surface area contributed by atoms with E-state index >= 15 is 0 Å². The highest BCUT2D eigenvalue weighted by Gasteiger charge is 2.09. The van der Waals surface area contributed by atoms with Crippen LogP contribution in [0.1, 0.15) is 20.7 Å². The first kappa shape index (κ1) is 18.7. The van der Waals surface area contributed by atoms with Gasteiger partial charge in [-0.05, 0) is 72.8 Å². The van der Waals surface area contributed by atoms with Gasteiger partial charge in [0.15, 0.2) is 0 Å². The van der Waals surface area contributed by atoms with Crippen molar-refractivity contribution in [1.29, 1.82) is 0 Å². The number of carbonyl (C=O) groups is 2. The molecule has 3 aromatic carbocycles. The van der Waals surface area contributed by atoms with Gasteiger partial charge in [-0.25, -0.2) is 0 Å².